The minimum atomic E-state index is -0.373. The van der Waals surface area contributed by atoms with E-state index in [0.29, 0.717) is 120 Å². The molecule has 5 aromatic carbocycles. The molecule has 0 bridgehead atoms. The third kappa shape index (κ3) is 16.4. The number of aryl methyl sites for hydroxylation is 2. The number of para-hydroxylation sites is 2. The molecule has 31 nitrogen and oxygen atoms in total. The number of pyridine rings is 1. The molecule has 39 heteroatoms. The van der Waals surface area contributed by atoms with E-state index in [1.807, 2.05) is 55.5 Å². The van der Waals surface area contributed by atoms with Crippen molar-refractivity contribution < 1.29 is 13.2 Å². The van der Waals surface area contributed by atoms with Gasteiger partial charge in [-0.2, -0.15) is 50.4 Å². The van der Waals surface area contributed by atoms with Crippen molar-refractivity contribution in [2.75, 3.05) is 33.1 Å². The first-order valence-corrected chi connectivity index (χ1v) is 35.6. The van der Waals surface area contributed by atoms with Crippen LogP contribution in [0.4, 0.5) is 71.3 Å². The first-order valence-electron chi connectivity index (χ1n) is 33.7. The van der Waals surface area contributed by atoms with Gasteiger partial charge in [0.1, 0.15) is 52.3 Å². The summed E-state index contributed by atoms with van der Waals surface area (Å²) in [6.45, 7) is 4.34. The molecule has 1 aliphatic heterocycles. The number of anilines is 10. The summed E-state index contributed by atoms with van der Waals surface area (Å²) in [4.78, 5) is 64.8. The fraction of sp³-hybridized carbons (Fsp3) is 0.111. The van der Waals surface area contributed by atoms with E-state index in [4.69, 9.17) is 58.0 Å². The van der Waals surface area contributed by atoms with Crippen LogP contribution in [-0.4, -0.2) is 137 Å². The number of nitrogens with zero attached hydrogens (tertiary/aromatic N) is 21. The van der Waals surface area contributed by atoms with Crippen LogP contribution in [0.2, 0.25) is 26.4 Å². The normalized spacial score (nSPS) is 12.3. The van der Waals surface area contributed by atoms with E-state index in [0.717, 1.165) is 88.9 Å². The quantitative estimate of drug-likeness (QED) is 0.0508. The summed E-state index contributed by atoms with van der Waals surface area (Å²) in [6.07, 6.45) is 11.4. The molecule has 0 radical (unpaired) electrons. The van der Waals surface area contributed by atoms with Gasteiger partial charge in [0, 0.05) is 88.9 Å². The standard InChI is InChI=1S/C21H18ClFN6.C14H8ClFN6.C14H11ClFN5.C13H8ClN7.C10H8ClN7/c22-21-24-18-12-29(11-13-4-2-1-3-5-13)9-8-15(18)19(26-21)25-20-16-10-14(23)6-7-17(16)27-28-20;15-14-18-9-5-2-6-17-11(9)13(20-14)19-12-7-3-1-4-8(16)10(7)21-22-12;15-14-17-10-3-1-2-8(10)12(19-14)18-13-9-6-7(16)4-5-11(9)20-21-13;14-13-18-10-8(5-15-6-16-10)11(19-13)17-12-7-3-1-2-4-9(7)20-21-12;1-5-4-6(18-17-5)14-9-7-8(13-3-2-12-7)15-10(11)16-9/h1-7,10H,8-9,11-12H2,(H2,24,25,26,27,28);1-6H,(H2,18,19,20,21,22);4-6H,1-3H2,(H2,17,18,19,20,21);1-6H,(H2,15,16,17,18,19,20,21);2-4H,1H3,(H2,13,14,15,16,17,18). The highest BCUT2D eigenvalue weighted by Gasteiger charge is 2.25. The second-order valence-corrected chi connectivity index (χ2v) is 26.3. The topological polar surface area (TPSA) is 400 Å². The van der Waals surface area contributed by atoms with Crippen LogP contribution in [0.25, 0.3) is 76.8 Å². The maximum Gasteiger partial charge on any atom is 0.226 e. The van der Waals surface area contributed by atoms with Crippen molar-refractivity contribution in [3.63, 3.8) is 0 Å². The van der Waals surface area contributed by atoms with Gasteiger partial charge in [0.25, 0.3) is 0 Å². The van der Waals surface area contributed by atoms with E-state index in [9.17, 15) is 13.2 Å². The maximum absolute atomic E-state index is 13.7. The maximum atomic E-state index is 13.7. The van der Waals surface area contributed by atoms with Crippen LogP contribution in [0.3, 0.4) is 0 Å². The summed E-state index contributed by atoms with van der Waals surface area (Å²) in [5, 5.41) is 54.9. The first-order chi connectivity index (χ1) is 54.1. The van der Waals surface area contributed by atoms with Crippen LogP contribution in [0.5, 0.6) is 0 Å². The molecule has 14 heterocycles. The van der Waals surface area contributed by atoms with Gasteiger partial charge in [0.05, 0.1) is 38.8 Å². The molecule has 0 unspecified atom stereocenters. The Bertz CT molecular complexity index is 6460. The Morgan fingerprint density at radius 2 is 1.00 bits per heavy atom. The van der Waals surface area contributed by atoms with Crippen molar-refractivity contribution in [1.29, 1.82) is 0 Å². The molecule has 0 fully saturated rings. The van der Waals surface area contributed by atoms with Crippen molar-refractivity contribution in [3.05, 3.63) is 236 Å². The largest absolute Gasteiger partial charge is 0.323 e. The zero-order valence-corrected chi connectivity index (χ0v) is 61.2. The van der Waals surface area contributed by atoms with Crippen LogP contribution < -0.4 is 26.6 Å². The number of aromatic amines is 5. The van der Waals surface area contributed by atoms with Gasteiger partial charge in [0.2, 0.25) is 26.4 Å². The Morgan fingerprint density at radius 3 is 1.73 bits per heavy atom. The number of halogens is 8. The van der Waals surface area contributed by atoms with Crippen molar-refractivity contribution >= 4 is 193 Å². The summed E-state index contributed by atoms with van der Waals surface area (Å²) >= 11 is 29.9. The van der Waals surface area contributed by atoms with Crippen LogP contribution in [0.1, 0.15) is 40.2 Å². The van der Waals surface area contributed by atoms with Gasteiger partial charge < -0.3 is 26.6 Å². The second-order valence-electron chi connectivity index (χ2n) is 24.7. The van der Waals surface area contributed by atoms with Crippen molar-refractivity contribution in [2.24, 2.45) is 0 Å². The number of hydrogen-bond donors (Lipinski definition) is 10. The predicted octanol–water partition coefficient (Wildman–Crippen LogP) is 15.8. The molecular weight excluding hydrogens is 1530 g/mol. The average Bonchev–Trinajstić information content (AvgIpc) is 1.79. The van der Waals surface area contributed by atoms with E-state index in [2.05, 4.69) is 169 Å². The number of fused-ring (bicyclic) bond motifs is 9. The van der Waals surface area contributed by atoms with E-state index >= 15 is 0 Å². The second kappa shape index (κ2) is 32.0. The van der Waals surface area contributed by atoms with Crippen molar-refractivity contribution in [3.8, 4) is 0 Å². The van der Waals surface area contributed by atoms with Gasteiger partial charge in [-0.15, -0.1) is 0 Å². The van der Waals surface area contributed by atoms with Crippen molar-refractivity contribution in [1.82, 2.24) is 131 Å². The van der Waals surface area contributed by atoms with Gasteiger partial charge in [-0.3, -0.25) is 35.4 Å². The van der Waals surface area contributed by atoms with E-state index in [1.54, 1.807) is 61.2 Å². The fourth-order valence-electron chi connectivity index (χ4n) is 12.3. The summed E-state index contributed by atoms with van der Waals surface area (Å²) in [7, 11) is 0. The Hall–Kier alpha value is -13.1. The van der Waals surface area contributed by atoms with E-state index in [-0.39, 0.29) is 43.9 Å². The number of H-pyrrole nitrogens is 5. The Balaban J connectivity index is 0.000000106. The van der Waals surface area contributed by atoms with E-state index < -0.39 is 0 Å². The highest BCUT2D eigenvalue weighted by atomic mass is 35.5. The molecule has 18 aromatic rings. The molecule has 1 aliphatic carbocycles. The number of aromatic nitrogens is 25. The smallest absolute Gasteiger partial charge is 0.226 e. The van der Waals surface area contributed by atoms with Gasteiger partial charge in [-0.25, -0.2) is 58.0 Å². The fourth-order valence-corrected chi connectivity index (χ4v) is 13.2. The van der Waals surface area contributed by atoms with Crippen LogP contribution >= 0.6 is 58.0 Å². The lowest BCUT2D eigenvalue weighted by molar-refractivity contribution is 0.241. The molecule has 0 spiro atoms. The third-order valence-corrected chi connectivity index (χ3v) is 18.2. The zero-order chi connectivity index (χ0) is 76.1. The zero-order valence-electron chi connectivity index (χ0n) is 57.4. The predicted molar refractivity (Wildman–Crippen MR) is 417 cm³/mol. The lowest BCUT2D eigenvalue weighted by Crippen LogP contribution is -2.31. The number of nitrogens with one attached hydrogen (secondary N) is 10. The molecule has 0 saturated heterocycles. The molecule has 0 saturated carbocycles. The third-order valence-electron chi connectivity index (χ3n) is 17.3. The molecule has 0 atom stereocenters. The van der Waals surface area contributed by atoms with E-state index in [1.165, 1.54) is 42.2 Å². The molecule has 0 amide bonds. The Kier molecular flexibility index (Phi) is 20.8. The van der Waals surface area contributed by atoms with Gasteiger partial charge in [0.15, 0.2) is 57.5 Å². The minimum Gasteiger partial charge on any atom is -0.323 e. The number of hydrogen-bond acceptors (Lipinski definition) is 26. The minimum absolute atomic E-state index is 0.0917. The van der Waals surface area contributed by atoms with Gasteiger partial charge in [-0.05, 0) is 169 Å². The summed E-state index contributed by atoms with van der Waals surface area (Å²) in [5.41, 5.74) is 11.5. The lowest BCUT2D eigenvalue weighted by atomic mass is 10.0. The molecule has 111 heavy (non-hydrogen) atoms. The van der Waals surface area contributed by atoms with Crippen LogP contribution in [0.15, 0.2) is 159 Å². The molecular formula is C72H53Cl5F3N31. The first kappa shape index (κ1) is 72.1. The molecule has 552 valence electrons. The van der Waals surface area contributed by atoms with Crippen LogP contribution in [0, 0.1) is 24.4 Å². The summed E-state index contributed by atoms with van der Waals surface area (Å²) in [6, 6.07) is 37.2. The number of benzene rings is 5. The Labute approximate surface area is 648 Å². The molecule has 10 N–H and O–H groups in total. The highest BCUT2D eigenvalue weighted by Crippen LogP contribution is 2.35. The SMILES string of the molecule is Cc1cc(Nc2nc(Cl)nc3nccnc23)n[nH]1.Clc1nc(Nc2n[nH]c3ccccc23)c2cncnc2n1.Fc1ccc2[nH]nc(Nc3nc(Cl)nc4c3CCC4)c2c1.Fc1ccc2[nH]nc(Nc3nc(Cl)nc4c3CCN(Cc3ccccc3)C4)c2c1.Fc1cccc2c(Nc3nc(Cl)nc4cccnc34)n[nH]c12. The monoisotopic (exact) mass is 1580 g/mol. The van der Waals surface area contributed by atoms with Gasteiger partial charge in [-0.1, -0.05) is 48.5 Å². The molecule has 13 aromatic heterocycles. The van der Waals surface area contributed by atoms with Crippen molar-refractivity contribution in [2.45, 2.75) is 45.7 Å². The highest BCUT2D eigenvalue weighted by molar-refractivity contribution is 6.30. The number of rotatable bonds is 12. The summed E-state index contributed by atoms with van der Waals surface area (Å²) in [5.74, 6) is 4.46. The van der Waals surface area contributed by atoms with Gasteiger partial charge >= 0.3 is 0 Å². The lowest BCUT2D eigenvalue weighted by Gasteiger charge is -2.29. The Morgan fingerprint density at radius 1 is 0.423 bits per heavy atom. The average molecular weight is 1590 g/mol. The molecule has 2 aliphatic rings. The molecule has 20 rings (SSSR count). The summed E-state index contributed by atoms with van der Waals surface area (Å²) < 4.78 is 40.8. The van der Waals surface area contributed by atoms with Crippen LogP contribution in [-0.2, 0) is 32.4 Å².